The molecule has 0 spiro atoms. The van der Waals surface area contributed by atoms with E-state index in [9.17, 15) is 9.59 Å². The first-order chi connectivity index (χ1) is 17.0. The van der Waals surface area contributed by atoms with Crippen molar-refractivity contribution in [2.24, 2.45) is 0 Å². The number of fused-ring (bicyclic) bond motifs is 3. The van der Waals surface area contributed by atoms with Crippen LogP contribution in [0.3, 0.4) is 0 Å². The fourth-order valence-electron chi connectivity index (χ4n) is 6.73. The Kier molecular flexibility index (Phi) is 5.73. The highest BCUT2D eigenvalue weighted by Crippen LogP contribution is 2.40. The Labute approximate surface area is 207 Å². The molecule has 0 aromatic heterocycles. The van der Waals surface area contributed by atoms with E-state index in [4.69, 9.17) is 0 Å². The van der Waals surface area contributed by atoms with Crippen molar-refractivity contribution in [3.63, 3.8) is 0 Å². The van der Waals surface area contributed by atoms with Crippen LogP contribution in [-0.4, -0.2) is 64.8 Å². The maximum atomic E-state index is 13.1. The van der Waals surface area contributed by atoms with E-state index in [1.807, 2.05) is 6.07 Å². The summed E-state index contributed by atoms with van der Waals surface area (Å²) in [5.74, 6) is 0.377. The Hall–Kier alpha value is -2.96. The average Bonchev–Trinajstić information content (AvgIpc) is 3.15. The first kappa shape index (κ1) is 22.5. The van der Waals surface area contributed by atoms with E-state index in [2.05, 4.69) is 71.2 Å². The zero-order chi connectivity index (χ0) is 24.1. The van der Waals surface area contributed by atoms with Crippen molar-refractivity contribution < 1.29 is 9.59 Å². The molecular formula is C29H34N4O2. The number of hydrogen-bond acceptors (Lipinski definition) is 4. The van der Waals surface area contributed by atoms with Crippen LogP contribution in [0.2, 0.25) is 0 Å². The van der Waals surface area contributed by atoms with Gasteiger partial charge in [0.05, 0.1) is 0 Å². The summed E-state index contributed by atoms with van der Waals surface area (Å²) in [4.78, 5) is 32.6. The van der Waals surface area contributed by atoms with Crippen molar-refractivity contribution in [1.29, 1.82) is 0 Å². The molecule has 2 aromatic rings. The van der Waals surface area contributed by atoms with E-state index in [0.29, 0.717) is 31.0 Å². The number of allylic oxidation sites excluding steroid dienone is 1. The van der Waals surface area contributed by atoms with Gasteiger partial charge in [-0.1, -0.05) is 49.0 Å². The van der Waals surface area contributed by atoms with Gasteiger partial charge < -0.3 is 15.1 Å². The highest BCUT2D eigenvalue weighted by molar-refractivity contribution is 6.01. The van der Waals surface area contributed by atoms with Gasteiger partial charge in [-0.15, -0.1) is 0 Å². The zero-order valence-electron chi connectivity index (χ0n) is 20.5. The quantitative estimate of drug-likeness (QED) is 0.743. The lowest BCUT2D eigenvalue weighted by molar-refractivity contribution is -0.126. The van der Waals surface area contributed by atoms with Crippen molar-refractivity contribution in [3.05, 3.63) is 83.1 Å². The molecular weight excluding hydrogens is 436 g/mol. The third-order valence-corrected chi connectivity index (χ3v) is 8.44. The van der Waals surface area contributed by atoms with E-state index in [0.717, 1.165) is 55.7 Å². The Morgan fingerprint density at radius 2 is 1.77 bits per heavy atom. The molecule has 2 amide bonds. The molecule has 4 aliphatic heterocycles. The smallest absolute Gasteiger partial charge is 0.255 e. The third kappa shape index (κ3) is 4.19. The first-order valence-electron chi connectivity index (χ1n) is 12.9. The van der Waals surface area contributed by atoms with E-state index >= 15 is 0 Å². The van der Waals surface area contributed by atoms with Gasteiger partial charge in [-0.3, -0.25) is 14.5 Å². The Morgan fingerprint density at radius 3 is 2.49 bits per heavy atom. The molecule has 4 heterocycles. The summed E-state index contributed by atoms with van der Waals surface area (Å²) in [6.45, 7) is 7.59. The number of carbonyl (C=O) groups excluding carboxylic acids is 2. The molecule has 2 unspecified atom stereocenters. The molecule has 4 aliphatic rings. The molecule has 3 saturated heterocycles. The topological polar surface area (TPSA) is 55.9 Å². The molecule has 182 valence electrons. The summed E-state index contributed by atoms with van der Waals surface area (Å²) in [7, 11) is 2.24. The van der Waals surface area contributed by atoms with Gasteiger partial charge in [0, 0.05) is 49.5 Å². The predicted molar refractivity (Wildman–Crippen MR) is 136 cm³/mol. The highest BCUT2D eigenvalue weighted by atomic mass is 16.2. The molecule has 2 bridgehead atoms. The summed E-state index contributed by atoms with van der Waals surface area (Å²) in [6.07, 6.45) is 3.64. The lowest BCUT2D eigenvalue weighted by Crippen LogP contribution is -2.60. The van der Waals surface area contributed by atoms with Crippen LogP contribution in [0.15, 0.2) is 60.8 Å². The maximum Gasteiger partial charge on any atom is 0.255 e. The van der Waals surface area contributed by atoms with Crippen LogP contribution in [0.5, 0.6) is 0 Å². The SMILES string of the molecule is C=C1CCC(N2Cc3cc(C4C[C@@H]5CN(C)C[C@H](C4)N5Cc4ccccc4)ccc3C2=O)C(=O)N1. The number of likely N-dealkylation sites (tertiary alicyclic amines) is 1. The van der Waals surface area contributed by atoms with Gasteiger partial charge in [0.15, 0.2) is 0 Å². The molecule has 0 radical (unpaired) electrons. The minimum absolute atomic E-state index is 0.0182. The number of carbonyl (C=O) groups is 2. The molecule has 3 fully saturated rings. The molecule has 0 aliphatic carbocycles. The predicted octanol–water partition coefficient (Wildman–Crippen LogP) is 3.50. The van der Waals surface area contributed by atoms with Gasteiger partial charge in [-0.25, -0.2) is 0 Å². The molecule has 2 aromatic carbocycles. The first-order valence-corrected chi connectivity index (χ1v) is 12.9. The van der Waals surface area contributed by atoms with Gasteiger partial charge >= 0.3 is 0 Å². The van der Waals surface area contributed by atoms with E-state index in [1.165, 1.54) is 11.1 Å². The Balaban J connectivity index is 1.20. The van der Waals surface area contributed by atoms with E-state index in [1.54, 1.807) is 4.90 Å². The van der Waals surface area contributed by atoms with Crippen molar-refractivity contribution in [2.45, 2.75) is 62.8 Å². The van der Waals surface area contributed by atoms with E-state index < -0.39 is 6.04 Å². The second-order valence-electron chi connectivity index (χ2n) is 10.9. The van der Waals surface area contributed by atoms with Crippen LogP contribution >= 0.6 is 0 Å². The molecule has 1 N–H and O–H groups in total. The zero-order valence-corrected chi connectivity index (χ0v) is 20.5. The number of piperazine rings is 1. The highest BCUT2D eigenvalue weighted by Gasteiger charge is 2.42. The average molecular weight is 471 g/mol. The van der Waals surface area contributed by atoms with Gasteiger partial charge in [-0.05, 0) is 61.4 Å². The second kappa shape index (κ2) is 8.92. The number of hydrogen-bond donors (Lipinski definition) is 1. The van der Waals surface area contributed by atoms with E-state index in [-0.39, 0.29) is 11.8 Å². The van der Waals surface area contributed by atoms with Crippen LogP contribution < -0.4 is 5.32 Å². The Morgan fingerprint density at radius 1 is 1.03 bits per heavy atom. The summed E-state index contributed by atoms with van der Waals surface area (Å²) in [6, 6.07) is 17.9. The number of piperidine rings is 2. The van der Waals surface area contributed by atoms with Crippen molar-refractivity contribution in [3.8, 4) is 0 Å². The lowest BCUT2D eigenvalue weighted by atomic mass is 9.78. The summed E-state index contributed by atoms with van der Waals surface area (Å²) in [5.41, 5.74) is 5.30. The normalized spacial score (nSPS) is 29.3. The standard InChI is InChI=1S/C29H34N4O2/c1-19-8-11-27(28(34)30-19)33-16-23-12-21(9-10-26(23)29(33)35)22-13-24-17-31(2)18-25(14-22)32(24)15-20-6-4-3-5-7-20/h3-7,9-10,12,22,24-25,27H,1,8,11,13-18H2,2H3,(H,30,34)/t22?,24-,25+,27?. The van der Waals surface area contributed by atoms with Crippen LogP contribution in [0.1, 0.15) is 58.6 Å². The molecule has 4 atom stereocenters. The summed E-state index contributed by atoms with van der Waals surface area (Å²) in [5, 5.41) is 2.83. The maximum absolute atomic E-state index is 13.1. The van der Waals surface area contributed by atoms with Crippen LogP contribution in [0.25, 0.3) is 0 Å². The molecule has 6 nitrogen and oxygen atoms in total. The van der Waals surface area contributed by atoms with Crippen LogP contribution in [-0.2, 0) is 17.9 Å². The summed E-state index contributed by atoms with van der Waals surface area (Å²) < 4.78 is 0. The van der Waals surface area contributed by atoms with Crippen molar-refractivity contribution >= 4 is 11.8 Å². The Bertz CT molecular complexity index is 1150. The molecule has 35 heavy (non-hydrogen) atoms. The van der Waals surface area contributed by atoms with Gasteiger partial charge in [0.25, 0.3) is 5.91 Å². The number of nitrogens with one attached hydrogen (secondary N) is 1. The minimum Gasteiger partial charge on any atom is -0.329 e. The number of benzene rings is 2. The fourth-order valence-corrected chi connectivity index (χ4v) is 6.73. The van der Waals surface area contributed by atoms with Gasteiger partial charge in [0.2, 0.25) is 5.91 Å². The number of amides is 2. The number of likely N-dealkylation sites (N-methyl/N-ethyl adjacent to an activating group) is 1. The van der Waals surface area contributed by atoms with Crippen LogP contribution in [0.4, 0.5) is 0 Å². The number of rotatable bonds is 4. The molecule has 6 rings (SSSR count). The minimum atomic E-state index is -0.403. The molecule has 6 heteroatoms. The number of nitrogens with zero attached hydrogens (tertiary/aromatic N) is 3. The van der Waals surface area contributed by atoms with Crippen molar-refractivity contribution in [2.75, 3.05) is 20.1 Å². The van der Waals surface area contributed by atoms with Gasteiger partial charge in [-0.2, -0.15) is 0 Å². The molecule has 0 saturated carbocycles. The van der Waals surface area contributed by atoms with Crippen LogP contribution in [0, 0.1) is 0 Å². The fraction of sp³-hybridized carbons (Fsp3) is 0.448. The third-order valence-electron chi connectivity index (χ3n) is 8.44. The van der Waals surface area contributed by atoms with Crippen molar-refractivity contribution in [1.82, 2.24) is 20.0 Å². The lowest BCUT2D eigenvalue weighted by Gasteiger charge is -2.52. The monoisotopic (exact) mass is 470 g/mol. The summed E-state index contributed by atoms with van der Waals surface area (Å²) >= 11 is 0. The second-order valence-corrected chi connectivity index (χ2v) is 10.9. The largest absolute Gasteiger partial charge is 0.329 e. The van der Waals surface area contributed by atoms with Gasteiger partial charge in [0.1, 0.15) is 6.04 Å².